The van der Waals surface area contributed by atoms with E-state index in [1.807, 2.05) is 37.3 Å². The third kappa shape index (κ3) is 3.01. The number of nitrogens with zero attached hydrogens (tertiary/aromatic N) is 1. The highest BCUT2D eigenvalue weighted by Crippen LogP contribution is 2.66. The molecule has 1 fully saturated rings. The summed E-state index contributed by atoms with van der Waals surface area (Å²) in [6, 6.07) is 11.8. The van der Waals surface area contributed by atoms with Crippen LogP contribution in [0.1, 0.15) is 44.7 Å². The highest BCUT2D eigenvalue weighted by Gasteiger charge is 2.77. The van der Waals surface area contributed by atoms with E-state index in [4.69, 9.17) is 5.73 Å². The number of allylic oxidation sites excluding steroid dienone is 1. The highest BCUT2D eigenvalue weighted by molar-refractivity contribution is 6.28. The number of carbonyl (C=O) groups excluding carboxylic acids is 2. The predicted molar refractivity (Wildman–Crippen MR) is 152 cm³/mol. The molecule has 0 saturated heterocycles. The van der Waals surface area contributed by atoms with Gasteiger partial charge >= 0.3 is 0 Å². The zero-order valence-electron chi connectivity index (χ0n) is 23.6. The maximum Gasteiger partial charge on any atom is 0.205 e. The van der Waals surface area contributed by atoms with Crippen LogP contribution in [0.2, 0.25) is 0 Å². The third-order valence-corrected chi connectivity index (χ3v) is 9.89. The van der Waals surface area contributed by atoms with Gasteiger partial charge in [-0.1, -0.05) is 63.7 Å². The second kappa shape index (κ2) is 8.64. The maximum absolute atomic E-state index is 14.6. The van der Waals surface area contributed by atoms with Crippen LogP contribution in [-0.2, 0) is 9.59 Å². The number of phenols is 1. The van der Waals surface area contributed by atoms with Gasteiger partial charge in [0.15, 0.2) is 5.60 Å². The summed E-state index contributed by atoms with van der Waals surface area (Å²) >= 11 is 0. The quantitative estimate of drug-likeness (QED) is 0.370. The van der Waals surface area contributed by atoms with E-state index < -0.39 is 51.8 Å². The first-order valence-corrected chi connectivity index (χ1v) is 13.3. The largest absolute Gasteiger partial charge is 0.507 e. The Kier molecular flexibility index (Phi) is 6.01. The van der Waals surface area contributed by atoms with Crippen molar-refractivity contribution in [3.8, 4) is 16.9 Å². The second-order valence-electron chi connectivity index (χ2n) is 12.0. The highest BCUT2D eigenvalue weighted by atomic mass is 16.3. The molecular formula is C32H36N2O6. The molecule has 6 N–H and O–H groups in total. The van der Waals surface area contributed by atoms with Gasteiger partial charge in [-0.2, -0.15) is 0 Å². The minimum Gasteiger partial charge on any atom is -0.507 e. The second-order valence-corrected chi connectivity index (χ2v) is 12.0. The average molecular weight is 545 g/mol. The van der Waals surface area contributed by atoms with Crippen molar-refractivity contribution < 1.29 is 30.0 Å². The van der Waals surface area contributed by atoms with Gasteiger partial charge in [-0.05, 0) is 55.3 Å². The van der Waals surface area contributed by atoms with Crippen molar-refractivity contribution in [1.82, 2.24) is 4.90 Å². The fourth-order valence-electron chi connectivity index (χ4n) is 8.01. The molecule has 40 heavy (non-hydrogen) atoms. The van der Waals surface area contributed by atoms with Crippen LogP contribution in [0, 0.1) is 10.8 Å². The van der Waals surface area contributed by atoms with Crippen molar-refractivity contribution in [1.29, 1.82) is 0 Å². The van der Waals surface area contributed by atoms with Crippen LogP contribution in [-0.4, -0.2) is 68.7 Å². The lowest BCUT2D eigenvalue weighted by molar-refractivity contribution is -0.209. The van der Waals surface area contributed by atoms with E-state index in [1.54, 1.807) is 45.8 Å². The van der Waals surface area contributed by atoms with E-state index in [-0.39, 0.29) is 28.2 Å². The predicted octanol–water partition coefficient (Wildman–Crippen LogP) is 3.43. The number of hydrogen-bond acceptors (Lipinski definition) is 8. The molecular weight excluding hydrogens is 508 g/mol. The third-order valence-electron chi connectivity index (χ3n) is 9.89. The molecule has 3 aliphatic carbocycles. The first-order chi connectivity index (χ1) is 18.6. The van der Waals surface area contributed by atoms with Crippen molar-refractivity contribution in [2.75, 3.05) is 14.1 Å². The lowest BCUT2D eigenvalue weighted by atomic mass is 9.41. The molecule has 8 nitrogen and oxygen atoms in total. The number of phenolic OH excluding ortho intramolecular Hbond substituents is 1. The zero-order valence-corrected chi connectivity index (χ0v) is 23.6. The Labute approximate surface area is 233 Å². The summed E-state index contributed by atoms with van der Waals surface area (Å²) in [6.07, 6.45) is -1.51. The molecule has 0 heterocycles. The number of nitrogens with two attached hydrogens (primary N) is 1. The van der Waals surface area contributed by atoms with Crippen LogP contribution in [0.4, 0.5) is 0 Å². The molecule has 0 spiro atoms. The van der Waals surface area contributed by atoms with E-state index in [0.717, 1.165) is 11.1 Å². The van der Waals surface area contributed by atoms with E-state index >= 15 is 0 Å². The smallest absolute Gasteiger partial charge is 0.205 e. The summed E-state index contributed by atoms with van der Waals surface area (Å²) in [5.74, 6) is -3.46. The molecule has 1 saturated carbocycles. The number of benzene rings is 2. The van der Waals surface area contributed by atoms with Crippen LogP contribution in [0.15, 0.2) is 71.5 Å². The molecule has 5 rings (SSSR count). The zero-order chi connectivity index (χ0) is 29.7. The van der Waals surface area contributed by atoms with Crippen molar-refractivity contribution in [3.63, 3.8) is 0 Å². The van der Waals surface area contributed by atoms with Gasteiger partial charge in [-0.15, -0.1) is 0 Å². The molecule has 0 bridgehead atoms. The minimum atomic E-state index is -2.77. The molecule has 0 radical (unpaired) electrons. The Morgan fingerprint density at radius 1 is 1.02 bits per heavy atom. The minimum absolute atomic E-state index is 0.0386. The molecule has 0 unspecified atom stereocenters. The Morgan fingerprint density at radius 2 is 1.62 bits per heavy atom. The fraction of sp³-hybridized carbons (Fsp3) is 0.375. The number of carbonyl (C=O) groups is 2. The lowest BCUT2D eigenvalue weighted by Crippen LogP contribution is -2.78. The number of ketones is 2. The van der Waals surface area contributed by atoms with Gasteiger partial charge < -0.3 is 31.1 Å². The number of likely N-dealkylation sites (N-methyl/N-ethyl adjacent to an activating group) is 1. The fourth-order valence-corrected chi connectivity index (χ4v) is 8.01. The van der Waals surface area contributed by atoms with Gasteiger partial charge in [-0.25, -0.2) is 0 Å². The van der Waals surface area contributed by atoms with E-state index in [2.05, 4.69) is 6.58 Å². The maximum atomic E-state index is 14.6. The van der Waals surface area contributed by atoms with Gasteiger partial charge in [-0.3, -0.25) is 9.59 Å². The van der Waals surface area contributed by atoms with Gasteiger partial charge in [0.25, 0.3) is 0 Å². The van der Waals surface area contributed by atoms with E-state index in [1.165, 1.54) is 6.07 Å². The number of aromatic hydroxyl groups is 1. The standard InChI is InChI=1S/C32H36N2O6/c1-15-21(17(3)33)27(37)32(40)28(38)24-25(36)23-20(35)14-13-19(18-11-9-8-10-12-18)22(23)16(2)30(24,4)29(39)31(32,5)26(15)34(6)7/h8-14,16,26,29,35-36,39-40H,3,33H2,1-2,4-7H3/t16-,26+,29-,30+,31+,32+/m0/s1. The molecule has 8 heteroatoms. The SMILES string of the molecule is C=C(N)C1=C(C)[C@@H](N(C)C)[C@]2(C)[C@@H](O)[C@@]3(C)C(=C(O)c4c(O)ccc(-c5ccccc5)c4[C@@H]3C)C(=O)[C@]2(O)C1=O. The van der Waals surface area contributed by atoms with Gasteiger partial charge in [0, 0.05) is 22.7 Å². The summed E-state index contributed by atoms with van der Waals surface area (Å²) in [5, 5.41) is 47.5. The molecule has 0 aromatic heterocycles. The molecule has 0 amide bonds. The molecule has 3 aliphatic rings. The Hall–Kier alpha value is -3.72. The number of fused-ring (bicyclic) bond motifs is 3. The molecule has 210 valence electrons. The van der Waals surface area contributed by atoms with Crippen molar-refractivity contribution in [3.05, 3.63) is 82.6 Å². The molecule has 0 aliphatic heterocycles. The Morgan fingerprint density at radius 3 is 2.17 bits per heavy atom. The Balaban J connectivity index is 1.90. The lowest BCUT2D eigenvalue weighted by Gasteiger charge is -2.64. The van der Waals surface area contributed by atoms with Crippen LogP contribution < -0.4 is 5.73 Å². The summed E-state index contributed by atoms with van der Waals surface area (Å²) in [4.78, 5) is 30.3. The van der Waals surface area contributed by atoms with E-state index in [9.17, 15) is 30.0 Å². The first kappa shape index (κ1) is 27.8. The number of hydrogen-bond donors (Lipinski definition) is 5. The van der Waals surface area contributed by atoms with Gasteiger partial charge in [0.05, 0.1) is 22.7 Å². The monoisotopic (exact) mass is 544 g/mol. The molecule has 6 atom stereocenters. The molecule has 2 aromatic rings. The Bertz CT molecular complexity index is 1560. The topological polar surface area (TPSA) is 144 Å². The van der Waals surface area contributed by atoms with Crippen molar-refractivity contribution >= 4 is 17.3 Å². The summed E-state index contributed by atoms with van der Waals surface area (Å²) in [7, 11) is 3.47. The van der Waals surface area contributed by atoms with Crippen molar-refractivity contribution in [2.24, 2.45) is 16.6 Å². The first-order valence-electron chi connectivity index (χ1n) is 13.3. The van der Waals surface area contributed by atoms with Crippen molar-refractivity contribution in [2.45, 2.75) is 51.4 Å². The van der Waals surface area contributed by atoms with Gasteiger partial charge in [0.1, 0.15) is 11.5 Å². The number of rotatable bonds is 3. The summed E-state index contributed by atoms with van der Waals surface area (Å²) in [6.45, 7) is 10.4. The number of Topliss-reactive ketones (excluding diaryl/α,β-unsaturated/α-hetero) is 2. The normalized spacial score (nSPS) is 33.6. The van der Waals surface area contributed by atoms with Crippen LogP contribution in [0.25, 0.3) is 16.9 Å². The number of aliphatic hydroxyl groups excluding tert-OH is 2. The van der Waals surface area contributed by atoms with Gasteiger partial charge in [0.2, 0.25) is 11.6 Å². The van der Waals surface area contributed by atoms with E-state index in [0.29, 0.717) is 11.1 Å². The summed E-state index contributed by atoms with van der Waals surface area (Å²) in [5.41, 5.74) is 2.18. The summed E-state index contributed by atoms with van der Waals surface area (Å²) < 4.78 is 0. The van der Waals surface area contributed by atoms with Crippen LogP contribution >= 0.6 is 0 Å². The van der Waals surface area contributed by atoms with Crippen LogP contribution in [0.5, 0.6) is 5.75 Å². The number of aliphatic hydroxyl groups is 3. The molecule has 2 aromatic carbocycles. The average Bonchev–Trinajstić information content (AvgIpc) is 2.89. The van der Waals surface area contributed by atoms with Crippen LogP contribution in [0.3, 0.4) is 0 Å².